The van der Waals surface area contributed by atoms with E-state index in [1.807, 2.05) is 31.2 Å². The van der Waals surface area contributed by atoms with Gasteiger partial charge in [-0.2, -0.15) is 0 Å². The van der Waals surface area contributed by atoms with Crippen LogP contribution in [-0.2, 0) is 0 Å². The summed E-state index contributed by atoms with van der Waals surface area (Å²) in [5.41, 5.74) is 1.84. The Balaban J connectivity index is 2.21. The Morgan fingerprint density at radius 3 is 2.59 bits per heavy atom. The Morgan fingerprint density at radius 2 is 1.94 bits per heavy atom. The van der Waals surface area contributed by atoms with Gasteiger partial charge in [-0.3, -0.25) is 4.79 Å². The first kappa shape index (κ1) is 13.3. The molecule has 1 amide bonds. The molecule has 0 fully saturated rings. The van der Waals surface area contributed by atoms with Crippen LogP contribution in [0.4, 0.5) is 0 Å². The molecule has 2 N–H and O–H groups in total. The molecule has 0 spiro atoms. The van der Waals surface area contributed by atoms with Crippen LogP contribution in [0.25, 0.3) is 0 Å². The van der Waals surface area contributed by atoms with Crippen LogP contribution in [0, 0.1) is 19.3 Å². The van der Waals surface area contributed by atoms with Crippen LogP contribution in [0.1, 0.15) is 22.3 Å². The lowest BCUT2D eigenvalue weighted by Crippen LogP contribution is -2.32. The van der Waals surface area contributed by atoms with E-state index in [9.17, 15) is 4.79 Å². The lowest BCUT2D eigenvalue weighted by molar-refractivity contribution is 0.0954. The van der Waals surface area contributed by atoms with E-state index in [4.69, 9.17) is 6.42 Å². The lowest BCUT2D eigenvalue weighted by atomic mass is 10.1. The number of hydrogen-bond donors (Lipinski definition) is 2. The van der Waals surface area contributed by atoms with Gasteiger partial charge in [0.25, 0.3) is 5.91 Å². The zero-order chi connectivity index (χ0) is 12.5. The third kappa shape index (κ3) is 5.19. The average Bonchev–Trinajstić information content (AvgIpc) is 2.34. The summed E-state index contributed by atoms with van der Waals surface area (Å²) in [4.78, 5) is 11.7. The normalized spacial score (nSPS) is 9.65. The summed E-state index contributed by atoms with van der Waals surface area (Å²) < 4.78 is 0. The van der Waals surface area contributed by atoms with Crippen molar-refractivity contribution in [1.82, 2.24) is 10.6 Å². The van der Waals surface area contributed by atoms with E-state index in [-0.39, 0.29) is 5.91 Å². The second kappa shape index (κ2) is 7.48. The van der Waals surface area contributed by atoms with Crippen LogP contribution in [-0.4, -0.2) is 25.5 Å². The van der Waals surface area contributed by atoms with Crippen LogP contribution < -0.4 is 10.6 Å². The Labute approximate surface area is 103 Å². The Kier molecular flexibility index (Phi) is 5.84. The minimum atomic E-state index is -0.0382. The minimum Gasteiger partial charge on any atom is -0.351 e. The van der Waals surface area contributed by atoms with E-state index >= 15 is 0 Å². The van der Waals surface area contributed by atoms with E-state index in [1.165, 1.54) is 0 Å². The molecule has 0 radical (unpaired) electrons. The van der Waals surface area contributed by atoms with Crippen molar-refractivity contribution in [2.45, 2.75) is 13.3 Å². The van der Waals surface area contributed by atoms with Crippen molar-refractivity contribution >= 4 is 5.91 Å². The molecular formula is C14H18N2O. The number of hydrogen-bond acceptors (Lipinski definition) is 2. The molecule has 0 atom stereocenters. The number of carbonyl (C=O) groups is 1. The highest BCUT2D eigenvalue weighted by Crippen LogP contribution is 2.02. The molecule has 0 aliphatic rings. The molecule has 0 aliphatic carbocycles. The average molecular weight is 230 g/mol. The van der Waals surface area contributed by atoms with Crippen LogP contribution in [0.3, 0.4) is 0 Å². The molecule has 1 aromatic carbocycles. The van der Waals surface area contributed by atoms with E-state index in [0.717, 1.165) is 18.7 Å². The summed E-state index contributed by atoms with van der Waals surface area (Å²) in [5, 5.41) is 5.99. The van der Waals surface area contributed by atoms with E-state index in [1.54, 1.807) is 0 Å². The van der Waals surface area contributed by atoms with Gasteiger partial charge in [-0.15, -0.1) is 12.3 Å². The summed E-state index contributed by atoms with van der Waals surface area (Å²) in [5.74, 6) is 2.51. The minimum absolute atomic E-state index is 0.0382. The van der Waals surface area contributed by atoms with Crippen LogP contribution in [0.5, 0.6) is 0 Å². The smallest absolute Gasteiger partial charge is 0.251 e. The van der Waals surface area contributed by atoms with Crippen molar-refractivity contribution in [2.75, 3.05) is 19.6 Å². The predicted octanol–water partition coefficient (Wildman–Crippen LogP) is 1.34. The molecule has 90 valence electrons. The highest BCUT2D eigenvalue weighted by atomic mass is 16.1. The van der Waals surface area contributed by atoms with E-state index in [0.29, 0.717) is 18.5 Å². The van der Waals surface area contributed by atoms with Gasteiger partial charge in [-0.25, -0.2) is 0 Å². The number of nitrogens with one attached hydrogen (secondary N) is 2. The highest BCUT2D eigenvalue weighted by Gasteiger charge is 2.02. The van der Waals surface area contributed by atoms with Gasteiger partial charge >= 0.3 is 0 Å². The number of amides is 1. The monoisotopic (exact) mass is 230 g/mol. The van der Waals surface area contributed by atoms with Crippen molar-refractivity contribution < 1.29 is 4.79 Å². The molecule has 0 bridgehead atoms. The molecule has 0 aromatic heterocycles. The van der Waals surface area contributed by atoms with Crippen LogP contribution >= 0.6 is 0 Å². The van der Waals surface area contributed by atoms with Gasteiger partial charge in [0, 0.05) is 31.6 Å². The summed E-state index contributed by atoms with van der Waals surface area (Å²) in [6, 6.07) is 7.52. The number of rotatable bonds is 6. The maximum Gasteiger partial charge on any atom is 0.251 e. The molecule has 3 heteroatoms. The van der Waals surface area contributed by atoms with Crippen LogP contribution in [0.15, 0.2) is 24.3 Å². The molecule has 0 heterocycles. The largest absolute Gasteiger partial charge is 0.351 e. The lowest BCUT2D eigenvalue weighted by Gasteiger charge is -2.06. The molecular weight excluding hydrogens is 212 g/mol. The number of aryl methyl sites for hydroxylation is 1. The molecule has 0 unspecified atom stereocenters. The summed E-state index contributed by atoms with van der Waals surface area (Å²) in [7, 11) is 0. The molecule has 0 aliphatic heterocycles. The number of carbonyl (C=O) groups excluding carboxylic acids is 1. The second-order valence-electron chi connectivity index (χ2n) is 3.83. The molecule has 0 saturated heterocycles. The maximum atomic E-state index is 11.7. The Hall–Kier alpha value is -1.79. The zero-order valence-electron chi connectivity index (χ0n) is 10.1. The third-order valence-electron chi connectivity index (χ3n) is 2.35. The fraction of sp³-hybridized carbons (Fsp3) is 0.357. The first-order valence-corrected chi connectivity index (χ1v) is 5.73. The number of terminal acetylenes is 1. The maximum absolute atomic E-state index is 11.7. The predicted molar refractivity (Wildman–Crippen MR) is 69.8 cm³/mol. The quantitative estimate of drug-likeness (QED) is 0.572. The second-order valence-corrected chi connectivity index (χ2v) is 3.83. The standard InChI is InChI=1S/C14H18N2O/c1-3-4-9-15-10-11-16-14(17)13-7-5-12(2)6-8-13/h1,5-8,15H,4,9-11H2,2H3,(H,16,17). The van der Waals surface area contributed by atoms with Crippen LogP contribution in [0.2, 0.25) is 0 Å². The van der Waals surface area contributed by atoms with Gasteiger partial charge in [0.2, 0.25) is 0 Å². The molecule has 0 saturated carbocycles. The van der Waals surface area contributed by atoms with Crippen molar-refractivity contribution in [3.8, 4) is 12.3 Å². The fourth-order valence-electron chi connectivity index (χ4n) is 1.36. The Bertz CT molecular complexity index is 390. The highest BCUT2D eigenvalue weighted by molar-refractivity contribution is 5.94. The molecule has 1 rings (SSSR count). The van der Waals surface area contributed by atoms with Crippen molar-refractivity contribution in [1.29, 1.82) is 0 Å². The summed E-state index contributed by atoms with van der Waals surface area (Å²) in [6.07, 6.45) is 5.83. The molecule has 17 heavy (non-hydrogen) atoms. The van der Waals surface area contributed by atoms with E-state index < -0.39 is 0 Å². The van der Waals surface area contributed by atoms with Crippen molar-refractivity contribution in [3.05, 3.63) is 35.4 Å². The first-order valence-electron chi connectivity index (χ1n) is 5.73. The molecule has 1 aromatic rings. The van der Waals surface area contributed by atoms with Gasteiger partial charge in [0.05, 0.1) is 0 Å². The van der Waals surface area contributed by atoms with Gasteiger partial charge in [0.1, 0.15) is 0 Å². The fourth-order valence-corrected chi connectivity index (χ4v) is 1.36. The van der Waals surface area contributed by atoms with Gasteiger partial charge in [0.15, 0.2) is 0 Å². The van der Waals surface area contributed by atoms with Crippen molar-refractivity contribution in [2.24, 2.45) is 0 Å². The summed E-state index contributed by atoms with van der Waals surface area (Å²) >= 11 is 0. The molecule has 3 nitrogen and oxygen atoms in total. The van der Waals surface area contributed by atoms with E-state index in [2.05, 4.69) is 16.6 Å². The first-order chi connectivity index (χ1) is 8.24. The number of benzene rings is 1. The zero-order valence-corrected chi connectivity index (χ0v) is 10.1. The Morgan fingerprint density at radius 1 is 1.24 bits per heavy atom. The van der Waals surface area contributed by atoms with Crippen molar-refractivity contribution in [3.63, 3.8) is 0 Å². The topological polar surface area (TPSA) is 41.1 Å². The van der Waals surface area contributed by atoms with Gasteiger partial charge in [-0.05, 0) is 19.1 Å². The SMILES string of the molecule is C#CCCNCCNC(=O)c1ccc(C)cc1. The van der Waals surface area contributed by atoms with Gasteiger partial charge < -0.3 is 10.6 Å². The van der Waals surface area contributed by atoms with Gasteiger partial charge in [-0.1, -0.05) is 17.7 Å². The summed E-state index contributed by atoms with van der Waals surface area (Å²) in [6.45, 7) is 4.13. The third-order valence-corrected chi connectivity index (χ3v) is 2.35.